The van der Waals surface area contributed by atoms with Crippen LogP contribution < -0.4 is 10.6 Å². The third-order valence-electron chi connectivity index (χ3n) is 2.77. The largest absolute Gasteiger partial charge is 0.385 e. The summed E-state index contributed by atoms with van der Waals surface area (Å²) in [5, 5.41) is 17.1. The SMILES string of the molecule is CCNc1cc(NCCOCCN(C)C)cc([N+](=O)[O-])c1. The average Bonchev–Trinajstić information content (AvgIpc) is 2.42. The Kier molecular flexibility index (Phi) is 7.49. The highest BCUT2D eigenvalue weighted by atomic mass is 16.6. The molecule has 2 N–H and O–H groups in total. The lowest BCUT2D eigenvalue weighted by Gasteiger charge is -2.11. The van der Waals surface area contributed by atoms with Crippen molar-refractivity contribution in [2.45, 2.75) is 6.92 Å². The molecule has 0 aliphatic rings. The predicted molar refractivity (Wildman–Crippen MR) is 85.1 cm³/mol. The molecule has 7 heteroatoms. The second-order valence-electron chi connectivity index (χ2n) is 4.90. The molecule has 1 aromatic rings. The van der Waals surface area contributed by atoms with Gasteiger partial charge in [-0.15, -0.1) is 0 Å². The van der Waals surface area contributed by atoms with Gasteiger partial charge in [0, 0.05) is 43.1 Å². The van der Waals surface area contributed by atoms with Crippen molar-refractivity contribution in [1.29, 1.82) is 0 Å². The van der Waals surface area contributed by atoms with Crippen molar-refractivity contribution in [2.24, 2.45) is 0 Å². The number of non-ortho nitro benzene ring substituents is 1. The van der Waals surface area contributed by atoms with E-state index in [4.69, 9.17) is 4.74 Å². The Morgan fingerprint density at radius 3 is 2.43 bits per heavy atom. The van der Waals surface area contributed by atoms with E-state index in [2.05, 4.69) is 15.5 Å². The van der Waals surface area contributed by atoms with E-state index < -0.39 is 0 Å². The summed E-state index contributed by atoms with van der Waals surface area (Å²) in [7, 11) is 3.99. The lowest BCUT2D eigenvalue weighted by atomic mass is 10.2. The maximum absolute atomic E-state index is 10.9. The Morgan fingerprint density at radius 1 is 1.19 bits per heavy atom. The minimum absolute atomic E-state index is 0.0736. The number of hydrogen-bond acceptors (Lipinski definition) is 6. The van der Waals surface area contributed by atoms with E-state index in [9.17, 15) is 10.1 Å². The van der Waals surface area contributed by atoms with Gasteiger partial charge in [0.2, 0.25) is 0 Å². The molecule has 0 fully saturated rings. The van der Waals surface area contributed by atoms with E-state index in [1.54, 1.807) is 0 Å². The van der Waals surface area contributed by atoms with Crippen molar-refractivity contribution in [3.63, 3.8) is 0 Å². The number of nitrogens with one attached hydrogen (secondary N) is 2. The van der Waals surface area contributed by atoms with Crippen LogP contribution in [0.25, 0.3) is 0 Å². The fourth-order valence-corrected chi connectivity index (χ4v) is 1.74. The first kappa shape index (κ1) is 17.2. The number of nitro benzene ring substituents is 1. The number of nitrogens with zero attached hydrogens (tertiary/aromatic N) is 2. The molecule has 0 heterocycles. The smallest absolute Gasteiger partial charge is 0.273 e. The Morgan fingerprint density at radius 2 is 1.86 bits per heavy atom. The maximum atomic E-state index is 10.9. The molecule has 0 bridgehead atoms. The van der Waals surface area contributed by atoms with Gasteiger partial charge in [0.05, 0.1) is 18.1 Å². The molecular weight excluding hydrogens is 272 g/mol. The molecule has 1 rings (SSSR count). The molecule has 0 unspecified atom stereocenters. The molecule has 0 spiro atoms. The van der Waals surface area contributed by atoms with Crippen LogP contribution in [0, 0.1) is 10.1 Å². The highest BCUT2D eigenvalue weighted by Crippen LogP contribution is 2.24. The third-order valence-corrected chi connectivity index (χ3v) is 2.77. The van der Waals surface area contributed by atoms with E-state index in [1.807, 2.05) is 27.1 Å². The first-order valence-corrected chi connectivity index (χ1v) is 7.02. The van der Waals surface area contributed by atoms with Crippen LogP contribution in [-0.4, -0.2) is 56.8 Å². The molecule has 118 valence electrons. The van der Waals surface area contributed by atoms with Gasteiger partial charge in [-0.05, 0) is 27.1 Å². The van der Waals surface area contributed by atoms with Gasteiger partial charge >= 0.3 is 0 Å². The fraction of sp³-hybridized carbons (Fsp3) is 0.571. The second-order valence-corrected chi connectivity index (χ2v) is 4.90. The molecule has 1 aromatic carbocycles. The molecule has 0 radical (unpaired) electrons. The van der Waals surface area contributed by atoms with Gasteiger partial charge < -0.3 is 20.3 Å². The normalized spacial score (nSPS) is 10.7. The number of nitro groups is 1. The van der Waals surface area contributed by atoms with Gasteiger partial charge in [0.25, 0.3) is 5.69 Å². The number of hydrogen-bond donors (Lipinski definition) is 2. The van der Waals surface area contributed by atoms with Crippen LogP contribution in [0.4, 0.5) is 17.1 Å². The molecule has 0 aliphatic carbocycles. The molecule has 21 heavy (non-hydrogen) atoms. The van der Waals surface area contributed by atoms with Crippen LogP contribution >= 0.6 is 0 Å². The second kappa shape index (κ2) is 9.15. The lowest BCUT2D eigenvalue weighted by Crippen LogP contribution is -2.20. The Hall–Kier alpha value is -1.86. The quantitative estimate of drug-likeness (QED) is 0.390. The summed E-state index contributed by atoms with van der Waals surface area (Å²) in [6.45, 7) is 5.39. The lowest BCUT2D eigenvalue weighted by molar-refractivity contribution is -0.384. The summed E-state index contributed by atoms with van der Waals surface area (Å²) in [6, 6.07) is 4.92. The van der Waals surface area contributed by atoms with Gasteiger partial charge in [-0.2, -0.15) is 0 Å². The van der Waals surface area contributed by atoms with Crippen LogP contribution in [-0.2, 0) is 4.74 Å². The van der Waals surface area contributed by atoms with Crippen molar-refractivity contribution in [3.8, 4) is 0 Å². The highest BCUT2D eigenvalue weighted by molar-refractivity contribution is 5.63. The van der Waals surface area contributed by atoms with Crippen LogP contribution in [0.5, 0.6) is 0 Å². The molecule has 0 aliphatic heterocycles. The van der Waals surface area contributed by atoms with E-state index >= 15 is 0 Å². The zero-order chi connectivity index (χ0) is 15.7. The van der Waals surface area contributed by atoms with Crippen molar-refractivity contribution in [3.05, 3.63) is 28.3 Å². The van der Waals surface area contributed by atoms with Crippen LogP contribution in [0.1, 0.15) is 6.92 Å². The van der Waals surface area contributed by atoms with Gasteiger partial charge in [-0.3, -0.25) is 10.1 Å². The van der Waals surface area contributed by atoms with Gasteiger partial charge in [0.15, 0.2) is 0 Å². The number of benzene rings is 1. The first-order chi connectivity index (χ1) is 10.0. The summed E-state index contributed by atoms with van der Waals surface area (Å²) < 4.78 is 5.47. The molecule has 0 atom stereocenters. The van der Waals surface area contributed by atoms with Crippen LogP contribution in [0.2, 0.25) is 0 Å². The van der Waals surface area contributed by atoms with Crippen LogP contribution in [0.3, 0.4) is 0 Å². The summed E-state index contributed by atoms with van der Waals surface area (Å²) in [6.07, 6.45) is 0. The van der Waals surface area contributed by atoms with Gasteiger partial charge in [0.1, 0.15) is 0 Å². The monoisotopic (exact) mass is 296 g/mol. The van der Waals surface area contributed by atoms with Gasteiger partial charge in [-0.1, -0.05) is 0 Å². The minimum Gasteiger partial charge on any atom is -0.385 e. The zero-order valence-corrected chi connectivity index (χ0v) is 12.9. The Labute approximate surface area is 125 Å². The van der Waals surface area contributed by atoms with E-state index in [0.29, 0.717) is 26.3 Å². The molecular formula is C14H24N4O3. The number of ether oxygens (including phenoxy) is 1. The van der Waals surface area contributed by atoms with Crippen LogP contribution in [0.15, 0.2) is 18.2 Å². The molecule has 0 amide bonds. The van der Waals surface area contributed by atoms with Gasteiger partial charge in [-0.25, -0.2) is 0 Å². The topological polar surface area (TPSA) is 79.7 Å². The molecule has 0 aromatic heterocycles. The summed E-state index contributed by atoms with van der Waals surface area (Å²) >= 11 is 0. The van der Waals surface area contributed by atoms with Crippen molar-refractivity contribution in [2.75, 3.05) is 57.6 Å². The standard InChI is InChI=1S/C14H24N4O3/c1-4-15-12-9-13(11-14(10-12)18(19)20)16-5-7-21-8-6-17(2)3/h9-11,15-16H,4-8H2,1-3H3. The van der Waals surface area contributed by atoms with E-state index in [0.717, 1.165) is 17.9 Å². The average molecular weight is 296 g/mol. The number of likely N-dealkylation sites (N-methyl/N-ethyl adjacent to an activating group) is 1. The zero-order valence-electron chi connectivity index (χ0n) is 12.9. The van der Waals surface area contributed by atoms with Crippen molar-refractivity contribution < 1.29 is 9.66 Å². The first-order valence-electron chi connectivity index (χ1n) is 7.02. The Bertz CT molecular complexity index is 452. The van der Waals surface area contributed by atoms with E-state index in [1.165, 1.54) is 12.1 Å². The van der Waals surface area contributed by atoms with Crippen molar-refractivity contribution >= 4 is 17.1 Å². The van der Waals surface area contributed by atoms with E-state index in [-0.39, 0.29) is 10.6 Å². The fourth-order valence-electron chi connectivity index (χ4n) is 1.74. The molecule has 0 saturated heterocycles. The minimum atomic E-state index is -0.389. The summed E-state index contributed by atoms with van der Waals surface area (Å²) in [4.78, 5) is 12.6. The number of anilines is 2. The predicted octanol–water partition coefficient (Wildman–Crippen LogP) is 2.02. The van der Waals surface area contributed by atoms with Crippen molar-refractivity contribution in [1.82, 2.24) is 4.90 Å². The Balaban J connectivity index is 2.48. The highest BCUT2D eigenvalue weighted by Gasteiger charge is 2.09. The number of rotatable bonds is 10. The summed E-state index contributed by atoms with van der Waals surface area (Å²) in [5.41, 5.74) is 1.53. The summed E-state index contributed by atoms with van der Waals surface area (Å²) in [5.74, 6) is 0. The third kappa shape index (κ3) is 6.92. The molecule has 0 saturated carbocycles. The maximum Gasteiger partial charge on any atom is 0.273 e. The molecule has 7 nitrogen and oxygen atoms in total.